The van der Waals surface area contributed by atoms with E-state index < -0.39 is 0 Å². The molecule has 114 valence electrons. The number of hydrogen-bond acceptors (Lipinski definition) is 3. The van der Waals surface area contributed by atoms with E-state index in [0.717, 1.165) is 23.7 Å². The SMILES string of the molecule is O=C(NCC(=O)N(CCO)C1CCC1)c1cccc(Br)c1. The zero-order chi connectivity index (χ0) is 15.2. The van der Waals surface area contributed by atoms with Crippen LogP contribution in [0.1, 0.15) is 29.6 Å². The molecular weight excluding hydrogens is 336 g/mol. The van der Waals surface area contributed by atoms with Gasteiger partial charge in [0.2, 0.25) is 5.91 Å². The lowest BCUT2D eigenvalue weighted by atomic mass is 9.91. The molecular formula is C15H19BrN2O3. The number of aliphatic hydroxyl groups excluding tert-OH is 1. The third kappa shape index (κ3) is 4.28. The summed E-state index contributed by atoms with van der Waals surface area (Å²) < 4.78 is 0.817. The van der Waals surface area contributed by atoms with Crippen molar-refractivity contribution >= 4 is 27.7 Å². The van der Waals surface area contributed by atoms with Gasteiger partial charge in [0.15, 0.2) is 0 Å². The molecule has 1 aromatic carbocycles. The van der Waals surface area contributed by atoms with Crippen molar-refractivity contribution < 1.29 is 14.7 Å². The maximum absolute atomic E-state index is 12.2. The minimum Gasteiger partial charge on any atom is -0.395 e. The molecule has 0 aliphatic heterocycles. The van der Waals surface area contributed by atoms with E-state index in [4.69, 9.17) is 5.11 Å². The highest BCUT2D eigenvalue weighted by Gasteiger charge is 2.28. The number of carbonyl (C=O) groups is 2. The molecule has 2 N–H and O–H groups in total. The second-order valence-electron chi connectivity index (χ2n) is 5.09. The van der Waals surface area contributed by atoms with E-state index in [1.54, 1.807) is 23.1 Å². The van der Waals surface area contributed by atoms with Crippen LogP contribution in [0.3, 0.4) is 0 Å². The maximum atomic E-state index is 12.2. The van der Waals surface area contributed by atoms with Crippen LogP contribution in [0.15, 0.2) is 28.7 Å². The standard InChI is InChI=1S/C15H19BrN2O3/c16-12-4-1-3-11(9-12)15(21)17-10-14(20)18(7-8-19)13-5-2-6-13/h1,3-4,9,13,19H,2,5-8,10H2,(H,17,21). The zero-order valence-corrected chi connectivity index (χ0v) is 13.3. The van der Waals surface area contributed by atoms with Crippen molar-refractivity contribution in [3.63, 3.8) is 0 Å². The molecule has 0 bridgehead atoms. The van der Waals surface area contributed by atoms with E-state index in [0.29, 0.717) is 12.1 Å². The minimum absolute atomic E-state index is 0.0398. The molecule has 0 spiro atoms. The molecule has 1 aliphatic carbocycles. The molecule has 0 heterocycles. The van der Waals surface area contributed by atoms with Gasteiger partial charge in [0, 0.05) is 22.6 Å². The van der Waals surface area contributed by atoms with Crippen molar-refractivity contribution in [1.82, 2.24) is 10.2 Å². The van der Waals surface area contributed by atoms with Crippen LogP contribution < -0.4 is 5.32 Å². The molecule has 0 aromatic heterocycles. The third-order valence-corrected chi connectivity index (χ3v) is 4.16. The average molecular weight is 355 g/mol. The molecule has 0 radical (unpaired) electrons. The molecule has 1 aliphatic rings. The van der Waals surface area contributed by atoms with Gasteiger partial charge in [0.25, 0.3) is 5.91 Å². The summed E-state index contributed by atoms with van der Waals surface area (Å²) in [4.78, 5) is 25.8. The first-order valence-electron chi connectivity index (χ1n) is 7.06. The highest BCUT2D eigenvalue weighted by atomic mass is 79.9. The fourth-order valence-corrected chi connectivity index (χ4v) is 2.71. The van der Waals surface area contributed by atoms with Gasteiger partial charge in [-0.1, -0.05) is 22.0 Å². The summed E-state index contributed by atoms with van der Waals surface area (Å²) in [5.74, 6) is -0.417. The number of amides is 2. The number of halogens is 1. The summed E-state index contributed by atoms with van der Waals surface area (Å²) in [5.41, 5.74) is 0.509. The smallest absolute Gasteiger partial charge is 0.251 e. The Balaban J connectivity index is 1.88. The van der Waals surface area contributed by atoms with Crippen LogP contribution in [0.4, 0.5) is 0 Å². The lowest BCUT2D eigenvalue weighted by Crippen LogP contribution is -2.49. The van der Waals surface area contributed by atoms with Gasteiger partial charge in [-0.25, -0.2) is 0 Å². The summed E-state index contributed by atoms with van der Waals surface area (Å²) in [7, 11) is 0. The molecule has 1 aromatic rings. The van der Waals surface area contributed by atoms with Crippen molar-refractivity contribution in [2.24, 2.45) is 0 Å². The van der Waals surface area contributed by atoms with Crippen molar-refractivity contribution in [2.75, 3.05) is 19.7 Å². The van der Waals surface area contributed by atoms with Crippen LogP contribution in [0.2, 0.25) is 0 Å². The normalized spacial score (nSPS) is 14.4. The first-order valence-corrected chi connectivity index (χ1v) is 7.85. The monoisotopic (exact) mass is 354 g/mol. The average Bonchev–Trinajstić information content (AvgIpc) is 2.42. The van der Waals surface area contributed by atoms with Crippen LogP contribution >= 0.6 is 15.9 Å². The molecule has 0 atom stereocenters. The lowest BCUT2D eigenvalue weighted by Gasteiger charge is -2.37. The Hall–Kier alpha value is -1.40. The van der Waals surface area contributed by atoms with Gasteiger partial charge in [-0.15, -0.1) is 0 Å². The Bertz CT molecular complexity index is 517. The largest absolute Gasteiger partial charge is 0.395 e. The third-order valence-electron chi connectivity index (χ3n) is 3.66. The maximum Gasteiger partial charge on any atom is 0.251 e. The highest BCUT2D eigenvalue weighted by Crippen LogP contribution is 2.24. The number of nitrogens with one attached hydrogen (secondary N) is 1. The Morgan fingerprint density at radius 2 is 2.14 bits per heavy atom. The molecule has 2 amide bonds. The van der Waals surface area contributed by atoms with Gasteiger partial charge < -0.3 is 15.3 Å². The van der Waals surface area contributed by atoms with Gasteiger partial charge in [-0.2, -0.15) is 0 Å². The number of carbonyl (C=O) groups excluding carboxylic acids is 2. The van der Waals surface area contributed by atoms with E-state index in [2.05, 4.69) is 21.2 Å². The summed E-state index contributed by atoms with van der Waals surface area (Å²) in [6.45, 7) is 0.236. The van der Waals surface area contributed by atoms with Gasteiger partial charge in [-0.05, 0) is 37.5 Å². The van der Waals surface area contributed by atoms with Gasteiger partial charge in [0.1, 0.15) is 0 Å². The van der Waals surface area contributed by atoms with Crippen molar-refractivity contribution in [2.45, 2.75) is 25.3 Å². The molecule has 1 saturated carbocycles. The van der Waals surface area contributed by atoms with Crippen molar-refractivity contribution in [3.05, 3.63) is 34.3 Å². The van der Waals surface area contributed by atoms with Crippen molar-refractivity contribution in [1.29, 1.82) is 0 Å². The van der Waals surface area contributed by atoms with Gasteiger partial charge in [-0.3, -0.25) is 9.59 Å². The molecule has 1 fully saturated rings. The summed E-state index contributed by atoms with van der Waals surface area (Å²) in [5, 5.41) is 11.7. The molecule has 2 rings (SSSR count). The van der Waals surface area contributed by atoms with Crippen LogP contribution in [0.25, 0.3) is 0 Å². The molecule has 21 heavy (non-hydrogen) atoms. The predicted octanol–water partition coefficient (Wildman–Crippen LogP) is 1.55. The number of rotatable bonds is 6. The fraction of sp³-hybridized carbons (Fsp3) is 0.467. The van der Waals surface area contributed by atoms with E-state index in [1.807, 2.05) is 6.07 Å². The second-order valence-corrected chi connectivity index (χ2v) is 6.00. The number of nitrogens with zero attached hydrogens (tertiary/aromatic N) is 1. The highest BCUT2D eigenvalue weighted by molar-refractivity contribution is 9.10. The molecule has 5 nitrogen and oxygen atoms in total. The minimum atomic E-state index is -0.276. The van der Waals surface area contributed by atoms with Gasteiger partial charge in [0.05, 0.1) is 13.2 Å². The first-order chi connectivity index (χ1) is 10.1. The van der Waals surface area contributed by atoms with E-state index in [1.165, 1.54) is 0 Å². The van der Waals surface area contributed by atoms with Crippen LogP contribution in [0, 0.1) is 0 Å². The molecule has 0 unspecified atom stereocenters. The molecule has 0 saturated heterocycles. The van der Waals surface area contributed by atoms with Crippen LogP contribution in [-0.2, 0) is 4.79 Å². The second kappa shape index (κ2) is 7.56. The summed E-state index contributed by atoms with van der Waals surface area (Å²) in [6, 6.07) is 7.22. The van der Waals surface area contributed by atoms with Crippen LogP contribution in [-0.4, -0.2) is 47.6 Å². The fourth-order valence-electron chi connectivity index (χ4n) is 2.31. The topological polar surface area (TPSA) is 69.6 Å². The predicted molar refractivity (Wildman–Crippen MR) is 82.9 cm³/mol. The number of aliphatic hydroxyl groups is 1. The Morgan fingerprint density at radius 1 is 1.38 bits per heavy atom. The Kier molecular flexibility index (Phi) is 5.76. The Labute approximate surface area is 132 Å². The first kappa shape index (κ1) is 16.0. The van der Waals surface area contributed by atoms with E-state index in [-0.39, 0.29) is 31.0 Å². The Morgan fingerprint density at radius 3 is 2.71 bits per heavy atom. The van der Waals surface area contributed by atoms with E-state index >= 15 is 0 Å². The summed E-state index contributed by atoms with van der Waals surface area (Å²) >= 11 is 3.31. The number of hydrogen-bond donors (Lipinski definition) is 2. The zero-order valence-electron chi connectivity index (χ0n) is 11.7. The lowest BCUT2D eigenvalue weighted by molar-refractivity contribution is -0.134. The number of benzene rings is 1. The van der Waals surface area contributed by atoms with Crippen molar-refractivity contribution in [3.8, 4) is 0 Å². The summed E-state index contributed by atoms with van der Waals surface area (Å²) in [6.07, 6.45) is 3.07. The quantitative estimate of drug-likeness (QED) is 0.814. The molecule has 6 heteroatoms. The van der Waals surface area contributed by atoms with E-state index in [9.17, 15) is 9.59 Å². The van der Waals surface area contributed by atoms with Gasteiger partial charge >= 0.3 is 0 Å². The van der Waals surface area contributed by atoms with Crippen LogP contribution in [0.5, 0.6) is 0 Å².